The maximum Gasteiger partial charge on any atom is 0.144 e. The molecule has 1 heterocycles. The van der Waals surface area contributed by atoms with Crippen LogP contribution in [0.2, 0.25) is 0 Å². The number of hydrogen-bond acceptors (Lipinski definition) is 4. The highest BCUT2D eigenvalue weighted by Gasteiger charge is 2.02. The summed E-state index contributed by atoms with van der Waals surface area (Å²) in [5.74, 6) is 0.569. The summed E-state index contributed by atoms with van der Waals surface area (Å²) in [4.78, 5) is 0. The minimum atomic E-state index is 0.0632. The van der Waals surface area contributed by atoms with E-state index in [1.165, 1.54) is 11.5 Å². The van der Waals surface area contributed by atoms with Crippen LogP contribution in [0.1, 0.15) is 5.56 Å². The van der Waals surface area contributed by atoms with Gasteiger partial charge in [-0.3, -0.25) is 0 Å². The molecule has 0 amide bonds. The Morgan fingerprint density at radius 1 is 1.50 bits per heavy atom. The number of anilines is 1. The summed E-state index contributed by atoms with van der Waals surface area (Å²) in [6.45, 7) is 0.0632. The second-order valence-corrected chi connectivity index (χ2v) is 3.36. The first-order valence-electron chi connectivity index (χ1n) is 3.56. The van der Waals surface area contributed by atoms with Gasteiger partial charge in [0.05, 0.1) is 11.3 Å². The Morgan fingerprint density at radius 3 is 3.08 bits per heavy atom. The summed E-state index contributed by atoms with van der Waals surface area (Å²) in [5, 5.41) is 9.83. The Morgan fingerprint density at radius 2 is 2.33 bits per heavy atom. The van der Waals surface area contributed by atoms with Crippen LogP contribution in [0, 0.1) is 0 Å². The van der Waals surface area contributed by atoms with E-state index in [-0.39, 0.29) is 6.61 Å². The average Bonchev–Trinajstić information content (AvgIpc) is 2.47. The number of fused-ring (bicyclic) bond motifs is 1. The lowest BCUT2D eigenvalue weighted by Crippen LogP contribution is -1.84. The number of hydrogen-bond donors (Lipinski definition) is 2. The molecule has 0 fully saturated rings. The summed E-state index contributed by atoms with van der Waals surface area (Å²) in [6, 6.07) is 5.65. The van der Waals surface area contributed by atoms with Crippen molar-refractivity contribution in [3.63, 3.8) is 0 Å². The van der Waals surface area contributed by atoms with Crippen LogP contribution < -0.4 is 5.73 Å². The zero-order chi connectivity index (χ0) is 8.55. The van der Waals surface area contributed by atoms with Crippen molar-refractivity contribution in [1.29, 1.82) is 0 Å². The maximum absolute atomic E-state index is 8.86. The molecule has 4 heteroatoms. The van der Waals surface area contributed by atoms with E-state index >= 15 is 0 Å². The average molecular weight is 180 g/mol. The lowest BCUT2D eigenvalue weighted by Gasteiger charge is -1.94. The fourth-order valence-electron chi connectivity index (χ4n) is 1.10. The Labute approximate surface area is 73.6 Å². The van der Waals surface area contributed by atoms with Gasteiger partial charge in [0.2, 0.25) is 0 Å². The van der Waals surface area contributed by atoms with Gasteiger partial charge in [0.15, 0.2) is 0 Å². The molecule has 0 aliphatic carbocycles. The smallest absolute Gasteiger partial charge is 0.144 e. The fraction of sp³-hybridized carbons (Fsp3) is 0.125. The van der Waals surface area contributed by atoms with Crippen molar-refractivity contribution in [3.05, 3.63) is 23.8 Å². The first-order chi connectivity index (χ1) is 5.81. The van der Waals surface area contributed by atoms with Crippen LogP contribution in [0.15, 0.2) is 18.2 Å². The molecule has 12 heavy (non-hydrogen) atoms. The van der Waals surface area contributed by atoms with E-state index in [4.69, 9.17) is 10.8 Å². The van der Waals surface area contributed by atoms with Crippen LogP contribution in [-0.4, -0.2) is 9.48 Å². The zero-order valence-corrected chi connectivity index (χ0v) is 7.14. The largest absolute Gasteiger partial charge is 0.392 e. The predicted octanol–water partition coefficient (Wildman–Crippen LogP) is 1.37. The molecule has 0 saturated carbocycles. The molecule has 2 rings (SSSR count). The summed E-state index contributed by atoms with van der Waals surface area (Å²) >= 11 is 1.36. The molecule has 0 spiro atoms. The van der Waals surface area contributed by atoms with E-state index in [0.29, 0.717) is 5.82 Å². The molecule has 1 aromatic heterocycles. The van der Waals surface area contributed by atoms with Gasteiger partial charge in [-0.15, -0.1) is 0 Å². The predicted molar refractivity (Wildman–Crippen MR) is 50.0 cm³/mol. The van der Waals surface area contributed by atoms with Crippen LogP contribution in [0.5, 0.6) is 0 Å². The van der Waals surface area contributed by atoms with Crippen molar-refractivity contribution in [2.75, 3.05) is 5.73 Å². The molecule has 2 aromatic rings. The standard InChI is InChI=1S/C8H8N2OS/c9-8-6-2-1-5(4-11)3-7(6)12-10-8/h1-3,11H,4H2,(H2,9,10). The van der Waals surface area contributed by atoms with Crippen LogP contribution in [0.3, 0.4) is 0 Å². The van der Waals surface area contributed by atoms with Gasteiger partial charge >= 0.3 is 0 Å². The van der Waals surface area contributed by atoms with Gasteiger partial charge in [-0.05, 0) is 29.2 Å². The molecule has 0 bridgehead atoms. The second-order valence-electron chi connectivity index (χ2n) is 2.56. The number of nitrogen functional groups attached to an aromatic ring is 1. The Balaban J connectivity index is 2.69. The Hall–Kier alpha value is -1.13. The quantitative estimate of drug-likeness (QED) is 0.696. The van der Waals surface area contributed by atoms with Crippen molar-refractivity contribution in [2.24, 2.45) is 0 Å². The number of rotatable bonds is 1. The first kappa shape index (κ1) is 7.52. The fourth-order valence-corrected chi connectivity index (χ4v) is 1.87. The molecule has 0 aliphatic heterocycles. The van der Waals surface area contributed by atoms with Crippen LogP contribution in [0.4, 0.5) is 5.82 Å². The van der Waals surface area contributed by atoms with Crippen LogP contribution in [-0.2, 0) is 6.61 Å². The molecule has 0 unspecified atom stereocenters. The van der Waals surface area contributed by atoms with E-state index in [2.05, 4.69) is 4.37 Å². The third-order valence-corrected chi connectivity index (χ3v) is 2.57. The third kappa shape index (κ3) is 1.05. The molecule has 3 nitrogen and oxygen atoms in total. The normalized spacial score (nSPS) is 10.8. The summed E-state index contributed by atoms with van der Waals surface area (Å²) in [5.41, 5.74) is 6.50. The molecule has 0 saturated heterocycles. The third-order valence-electron chi connectivity index (χ3n) is 1.75. The van der Waals surface area contributed by atoms with Gasteiger partial charge in [-0.1, -0.05) is 6.07 Å². The molecule has 0 aliphatic rings. The van der Waals surface area contributed by atoms with E-state index in [9.17, 15) is 0 Å². The lowest BCUT2D eigenvalue weighted by molar-refractivity contribution is 0.282. The lowest BCUT2D eigenvalue weighted by atomic mass is 10.2. The van der Waals surface area contributed by atoms with Gasteiger partial charge < -0.3 is 10.8 Å². The number of aromatic nitrogens is 1. The maximum atomic E-state index is 8.86. The highest BCUT2D eigenvalue weighted by Crippen LogP contribution is 2.25. The molecule has 1 aromatic carbocycles. The van der Waals surface area contributed by atoms with Gasteiger partial charge in [-0.2, -0.15) is 4.37 Å². The zero-order valence-electron chi connectivity index (χ0n) is 6.32. The Bertz CT molecular complexity index is 410. The van der Waals surface area contributed by atoms with Crippen LogP contribution in [0.25, 0.3) is 10.1 Å². The van der Waals surface area contributed by atoms with Crippen molar-refractivity contribution in [1.82, 2.24) is 4.37 Å². The molecule has 62 valence electrons. The van der Waals surface area contributed by atoms with E-state index in [0.717, 1.165) is 15.6 Å². The minimum absolute atomic E-state index is 0.0632. The molecule has 0 radical (unpaired) electrons. The first-order valence-corrected chi connectivity index (χ1v) is 4.33. The van der Waals surface area contributed by atoms with Gasteiger partial charge in [0.25, 0.3) is 0 Å². The van der Waals surface area contributed by atoms with Crippen molar-refractivity contribution < 1.29 is 5.11 Å². The number of nitrogens with two attached hydrogens (primary N) is 1. The molecule has 3 N–H and O–H groups in total. The minimum Gasteiger partial charge on any atom is -0.392 e. The van der Waals surface area contributed by atoms with Crippen molar-refractivity contribution in [3.8, 4) is 0 Å². The second kappa shape index (κ2) is 2.73. The number of aliphatic hydroxyl groups is 1. The van der Waals surface area contributed by atoms with Crippen molar-refractivity contribution >= 4 is 27.4 Å². The monoisotopic (exact) mass is 180 g/mol. The van der Waals surface area contributed by atoms with Crippen LogP contribution >= 0.6 is 11.5 Å². The topological polar surface area (TPSA) is 59.1 Å². The van der Waals surface area contributed by atoms with Gasteiger partial charge in [0.1, 0.15) is 5.82 Å². The van der Waals surface area contributed by atoms with E-state index < -0.39 is 0 Å². The summed E-state index contributed by atoms with van der Waals surface area (Å²) < 4.78 is 5.04. The Kier molecular flexibility index (Phi) is 1.71. The van der Waals surface area contributed by atoms with Gasteiger partial charge in [0, 0.05) is 5.39 Å². The highest BCUT2D eigenvalue weighted by atomic mass is 32.1. The SMILES string of the molecule is Nc1nsc2cc(CO)ccc12. The van der Waals surface area contributed by atoms with Gasteiger partial charge in [-0.25, -0.2) is 0 Å². The highest BCUT2D eigenvalue weighted by molar-refractivity contribution is 7.13. The van der Waals surface area contributed by atoms with E-state index in [1.807, 2.05) is 18.2 Å². The summed E-state index contributed by atoms with van der Waals surface area (Å²) in [6.07, 6.45) is 0. The number of benzene rings is 1. The number of nitrogens with zero attached hydrogens (tertiary/aromatic N) is 1. The molecular weight excluding hydrogens is 172 g/mol. The molecule has 0 atom stereocenters. The summed E-state index contributed by atoms with van der Waals surface area (Å²) in [7, 11) is 0. The van der Waals surface area contributed by atoms with E-state index in [1.54, 1.807) is 0 Å². The van der Waals surface area contributed by atoms with Crippen molar-refractivity contribution in [2.45, 2.75) is 6.61 Å². The molecular formula is C8H8N2OS. The number of aliphatic hydroxyl groups excluding tert-OH is 1.